The maximum atomic E-state index is 12.8. The van der Waals surface area contributed by atoms with Gasteiger partial charge >= 0.3 is 5.69 Å². The molecule has 1 aromatic carbocycles. The molecular weight excluding hydrogens is 531 g/mol. The van der Waals surface area contributed by atoms with Crippen molar-refractivity contribution in [2.24, 2.45) is 0 Å². The van der Waals surface area contributed by atoms with Crippen molar-refractivity contribution in [1.82, 2.24) is 9.97 Å². The van der Waals surface area contributed by atoms with Gasteiger partial charge in [0.05, 0.1) is 11.1 Å². The zero-order chi connectivity index (χ0) is 21.2. The Hall–Kier alpha value is -1.99. The average Bonchev–Trinajstić information content (AvgIpc) is 2.97. The molecule has 152 valence electrons. The van der Waals surface area contributed by atoms with Gasteiger partial charge in [-0.1, -0.05) is 53.5 Å². The largest absolute Gasteiger partial charge is 0.470 e. The van der Waals surface area contributed by atoms with Gasteiger partial charge in [-0.25, -0.2) is 18.4 Å². The van der Waals surface area contributed by atoms with E-state index >= 15 is 0 Å². The Kier molecular flexibility index (Phi) is 6.58. The second-order valence-corrected chi connectivity index (χ2v) is 9.97. The average molecular weight is 540 g/mol. The number of benzene rings is 1. The monoisotopic (exact) mass is 538 g/mol. The van der Waals surface area contributed by atoms with Gasteiger partial charge in [-0.3, -0.25) is 14.8 Å². The van der Waals surface area contributed by atoms with Gasteiger partial charge in [0.15, 0.2) is 9.23 Å². The molecule has 14 heteroatoms. The fourth-order valence-electron chi connectivity index (χ4n) is 2.17. The van der Waals surface area contributed by atoms with E-state index in [-0.39, 0.29) is 27.0 Å². The minimum atomic E-state index is -4.51. The first-order valence-electron chi connectivity index (χ1n) is 7.53. The van der Waals surface area contributed by atoms with Crippen molar-refractivity contribution in [3.63, 3.8) is 0 Å². The van der Waals surface area contributed by atoms with Crippen LogP contribution in [0.3, 0.4) is 0 Å². The van der Waals surface area contributed by atoms with Gasteiger partial charge in [0.2, 0.25) is 5.82 Å². The molecule has 0 saturated heterocycles. The van der Waals surface area contributed by atoms with Crippen LogP contribution >= 0.6 is 50.5 Å². The Morgan fingerprint density at radius 3 is 2.59 bits per heavy atom. The lowest BCUT2D eigenvalue weighted by Crippen LogP contribution is -2.16. The molecule has 0 saturated carbocycles. The predicted molar refractivity (Wildman–Crippen MR) is 112 cm³/mol. The van der Waals surface area contributed by atoms with E-state index in [4.69, 9.17) is 27.9 Å². The first kappa shape index (κ1) is 21.7. The lowest BCUT2D eigenvalue weighted by atomic mass is 10.2. The number of sulfonamides is 1. The molecule has 0 amide bonds. The molecule has 1 N–H and O–H groups in total. The zero-order valence-electron chi connectivity index (χ0n) is 14.0. The van der Waals surface area contributed by atoms with Crippen LogP contribution in [0.4, 0.5) is 11.5 Å². The molecule has 0 unspecified atom stereocenters. The highest BCUT2D eigenvalue weighted by atomic mass is 79.9. The fourth-order valence-corrected chi connectivity index (χ4v) is 5.91. The van der Waals surface area contributed by atoms with Crippen molar-refractivity contribution < 1.29 is 18.1 Å². The van der Waals surface area contributed by atoms with Crippen LogP contribution in [0.2, 0.25) is 8.67 Å². The first-order chi connectivity index (χ1) is 13.7. The van der Waals surface area contributed by atoms with Crippen LogP contribution in [-0.2, 0) is 16.6 Å². The predicted octanol–water partition coefficient (Wildman–Crippen LogP) is 4.90. The van der Waals surface area contributed by atoms with Crippen LogP contribution in [0.25, 0.3) is 0 Å². The van der Waals surface area contributed by atoms with Gasteiger partial charge in [-0.05, 0) is 21.5 Å². The summed E-state index contributed by atoms with van der Waals surface area (Å²) in [6.07, 6.45) is 1.24. The van der Waals surface area contributed by atoms with Gasteiger partial charge < -0.3 is 4.74 Å². The highest BCUT2D eigenvalue weighted by molar-refractivity contribution is 9.10. The number of nitrogens with one attached hydrogen (secondary N) is 1. The van der Waals surface area contributed by atoms with Crippen molar-refractivity contribution in [2.75, 3.05) is 4.72 Å². The molecule has 2 heterocycles. The van der Waals surface area contributed by atoms with E-state index in [0.717, 1.165) is 5.56 Å². The summed E-state index contributed by atoms with van der Waals surface area (Å²) >= 11 is 15.4. The molecule has 9 nitrogen and oxygen atoms in total. The molecule has 0 aliphatic carbocycles. The Labute approximate surface area is 187 Å². The summed E-state index contributed by atoms with van der Waals surface area (Å²) < 4.78 is 32.9. The Morgan fingerprint density at radius 1 is 1.24 bits per heavy atom. The molecule has 29 heavy (non-hydrogen) atoms. The van der Waals surface area contributed by atoms with Crippen LogP contribution in [0.15, 0.2) is 46.0 Å². The van der Waals surface area contributed by atoms with Gasteiger partial charge in [0, 0.05) is 0 Å². The Morgan fingerprint density at radius 2 is 1.93 bits per heavy atom. The molecule has 0 fully saturated rings. The van der Waals surface area contributed by atoms with E-state index in [1.807, 2.05) is 30.3 Å². The van der Waals surface area contributed by atoms with Gasteiger partial charge in [-0.2, -0.15) is 0 Å². The van der Waals surface area contributed by atoms with E-state index in [9.17, 15) is 18.5 Å². The summed E-state index contributed by atoms with van der Waals surface area (Å²) in [5.74, 6) is -0.399. The summed E-state index contributed by atoms with van der Waals surface area (Å²) in [4.78, 5) is 17.6. The molecule has 0 aliphatic rings. The van der Waals surface area contributed by atoms with Crippen LogP contribution in [0.1, 0.15) is 5.56 Å². The van der Waals surface area contributed by atoms with Crippen LogP contribution in [-0.4, -0.2) is 23.3 Å². The SMILES string of the molecule is O=[N+]([O-])c1c(Cl)sc(Cl)c1S(=O)(=O)Nc1ncc(Br)nc1OCc1ccccc1. The number of nitro groups is 1. The van der Waals surface area contributed by atoms with Crippen LogP contribution in [0.5, 0.6) is 5.88 Å². The van der Waals surface area contributed by atoms with Crippen molar-refractivity contribution in [1.29, 1.82) is 0 Å². The third kappa shape index (κ3) is 4.95. The second-order valence-electron chi connectivity index (χ2n) is 5.31. The molecule has 3 aromatic rings. The quantitative estimate of drug-likeness (QED) is 0.334. The molecule has 0 bridgehead atoms. The van der Waals surface area contributed by atoms with Gasteiger partial charge in [0.25, 0.3) is 15.9 Å². The van der Waals surface area contributed by atoms with Crippen LogP contribution in [0, 0.1) is 10.1 Å². The number of aromatic nitrogens is 2. The fraction of sp³-hybridized carbons (Fsp3) is 0.0667. The summed E-state index contributed by atoms with van der Waals surface area (Å²) in [6.45, 7) is 0.0892. The lowest BCUT2D eigenvalue weighted by Gasteiger charge is -2.12. The summed E-state index contributed by atoms with van der Waals surface area (Å²) in [6, 6.07) is 9.09. The molecule has 2 aromatic heterocycles. The van der Waals surface area contributed by atoms with Gasteiger partial charge in [-0.15, -0.1) is 11.3 Å². The Bertz CT molecular complexity index is 1170. The lowest BCUT2D eigenvalue weighted by molar-refractivity contribution is -0.387. The van der Waals surface area contributed by atoms with E-state index in [2.05, 4.69) is 30.6 Å². The third-order valence-electron chi connectivity index (χ3n) is 3.37. The van der Waals surface area contributed by atoms with E-state index in [0.29, 0.717) is 15.9 Å². The van der Waals surface area contributed by atoms with Crippen molar-refractivity contribution in [3.8, 4) is 5.88 Å². The summed E-state index contributed by atoms with van der Waals surface area (Å²) in [5, 5.41) is 11.2. The zero-order valence-corrected chi connectivity index (χ0v) is 18.7. The summed E-state index contributed by atoms with van der Waals surface area (Å²) in [7, 11) is -4.51. The Balaban J connectivity index is 1.95. The summed E-state index contributed by atoms with van der Waals surface area (Å²) in [5.41, 5.74) is -0.00243. The molecule has 0 spiro atoms. The van der Waals surface area contributed by atoms with E-state index in [1.165, 1.54) is 6.20 Å². The number of ether oxygens (including phenoxy) is 1. The molecule has 0 radical (unpaired) electrons. The van der Waals surface area contributed by atoms with Crippen molar-refractivity contribution in [2.45, 2.75) is 11.5 Å². The smallest absolute Gasteiger partial charge is 0.320 e. The molecule has 3 rings (SSSR count). The maximum absolute atomic E-state index is 12.8. The number of hydrogen-bond donors (Lipinski definition) is 1. The number of nitrogens with zero attached hydrogens (tertiary/aromatic N) is 3. The highest BCUT2D eigenvalue weighted by Crippen LogP contribution is 2.45. The third-order valence-corrected chi connectivity index (χ3v) is 6.98. The highest BCUT2D eigenvalue weighted by Gasteiger charge is 2.36. The minimum absolute atomic E-state index is 0.0892. The number of thiophene rings is 1. The van der Waals surface area contributed by atoms with Crippen molar-refractivity contribution >= 4 is 72.0 Å². The second kappa shape index (κ2) is 8.79. The normalized spacial score (nSPS) is 11.3. The van der Waals surface area contributed by atoms with Crippen LogP contribution < -0.4 is 9.46 Å². The van der Waals surface area contributed by atoms with E-state index < -0.39 is 25.5 Å². The van der Waals surface area contributed by atoms with E-state index in [1.54, 1.807) is 0 Å². The van der Waals surface area contributed by atoms with Crippen molar-refractivity contribution in [3.05, 3.63) is 65.5 Å². The number of rotatable bonds is 7. The number of hydrogen-bond acceptors (Lipinski definition) is 8. The number of halogens is 3. The number of anilines is 1. The molecule has 0 aliphatic heterocycles. The molecular formula is C15H9BrCl2N4O5S2. The first-order valence-corrected chi connectivity index (χ1v) is 11.4. The maximum Gasteiger partial charge on any atom is 0.320 e. The van der Waals surface area contributed by atoms with Gasteiger partial charge in [0.1, 0.15) is 15.5 Å². The minimum Gasteiger partial charge on any atom is -0.470 e. The molecule has 0 atom stereocenters. The standard InChI is InChI=1S/C15H9BrCl2N4O5S2/c16-9-6-19-14(15(20-9)27-7-8-4-2-1-3-5-8)21-29(25,26)11-10(22(23)24)12(17)28-13(11)18/h1-6H,7H2,(H,19,21). The topological polar surface area (TPSA) is 124 Å².